The van der Waals surface area contributed by atoms with E-state index in [0.29, 0.717) is 5.56 Å². The van der Waals surface area contributed by atoms with E-state index < -0.39 is 5.97 Å². The molecule has 0 fully saturated rings. The second-order valence-electron chi connectivity index (χ2n) is 4.12. The predicted molar refractivity (Wildman–Crippen MR) is 79.2 cm³/mol. The summed E-state index contributed by atoms with van der Waals surface area (Å²) in [6.07, 6.45) is 0. The van der Waals surface area contributed by atoms with Gasteiger partial charge in [0.1, 0.15) is 0 Å². The minimum atomic E-state index is -1.00. The van der Waals surface area contributed by atoms with Gasteiger partial charge in [0.2, 0.25) is 0 Å². The summed E-state index contributed by atoms with van der Waals surface area (Å²) in [5, 5.41) is 10.7. The zero-order valence-corrected chi connectivity index (χ0v) is 11.3. The molecule has 2 aromatic carbocycles. The quantitative estimate of drug-likeness (QED) is 0.727. The molecule has 0 saturated heterocycles. The van der Waals surface area contributed by atoms with Crippen molar-refractivity contribution in [2.45, 2.75) is 0 Å². The van der Waals surface area contributed by atoms with Gasteiger partial charge in [-0.2, -0.15) is 0 Å². The van der Waals surface area contributed by atoms with Crippen LogP contribution in [0, 0.1) is 0 Å². The summed E-state index contributed by atoms with van der Waals surface area (Å²) >= 11 is 7.57. The molecule has 3 aromatic rings. The number of benzene rings is 2. The van der Waals surface area contributed by atoms with Gasteiger partial charge in [-0.3, -0.25) is 0 Å². The van der Waals surface area contributed by atoms with Crippen LogP contribution in [0.2, 0.25) is 5.02 Å². The third-order valence-corrected chi connectivity index (χ3v) is 4.38. The smallest absolute Gasteiger partial charge is 0.337 e. The van der Waals surface area contributed by atoms with E-state index >= 15 is 0 Å². The van der Waals surface area contributed by atoms with Crippen molar-refractivity contribution in [2.24, 2.45) is 0 Å². The molecule has 0 atom stereocenters. The Bertz CT molecular complexity index is 744. The summed E-state index contributed by atoms with van der Waals surface area (Å²) in [6, 6.07) is 15.1. The summed E-state index contributed by atoms with van der Waals surface area (Å²) in [6.45, 7) is 0. The number of rotatable bonds is 2. The maximum atomic E-state index is 11.4. The number of carboxylic acids is 1. The minimum absolute atomic E-state index is 0.163. The summed E-state index contributed by atoms with van der Waals surface area (Å²) in [7, 11) is 0. The summed E-state index contributed by atoms with van der Waals surface area (Å²) in [5.74, 6) is -1.00. The molecule has 0 aliphatic rings. The maximum Gasteiger partial charge on any atom is 0.337 e. The Hall–Kier alpha value is -1.84. The number of hydrogen-bond donors (Lipinski definition) is 1. The number of fused-ring (bicyclic) bond motifs is 1. The number of hydrogen-bond acceptors (Lipinski definition) is 2. The minimum Gasteiger partial charge on any atom is -0.478 e. The fraction of sp³-hybridized carbons (Fsp3) is 0. The Labute approximate surface area is 118 Å². The molecule has 0 aliphatic carbocycles. The molecule has 0 unspecified atom stereocenters. The van der Waals surface area contributed by atoms with Crippen molar-refractivity contribution < 1.29 is 9.90 Å². The van der Waals surface area contributed by atoms with Crippen LogP contribution in [-0.4, -0.2) is 11.1 Å². The topological polar surface area (TPSA) is 37.3 Å². The lowest BCUT2D eigenvalue weighted by Crippen LogP contribution is -1.99. The van der Waals surface area contributed by atoms with Crippen molar-refractivity contribution in [1.29, 1.82) is 0 Å². The third-order valence-electron chi connectivity index (χ3n) is 2.92. The van der Waals surface area contributed by atoms with Crippen LogP contribution < -0.4 is 0 Å². The summed E-state index contributed by atoms with van der Waals surface area (Å²) in [5.41, 5.74) is 0.830. The molecule has 1 N–H and O–H groups in total. The monoisotopic (exact) mass is 288 g/mol. The molecule has 0 amide bonds. The molecular weight excluding hydrogens is 280 g/mol. The first kappa shape index (κ1) is 12.2. The summed E-state index contributed by atoms with van der Waals surface area (Å²) < 4.78 is 1.13. The van der Waals surface area contributed by atoms with Crippen LogP contribution in [-0.2, 0) is 0 Å². The van der Waals surface area contributed by atoms with E-state index in [-0.39, 0.29) is 10.6 Å². The molecule has 0 aliphatic heterocycles. The molecule has 1 heterocycles. The Kier molecular flexibility index (Phi) is 3.01. The van der Waals surface area contributed by atoms with Gasteiger partial charge < -0.3 is 5.11 Å². The molecule has 19 heavy (non-hydrogen) atoms. The molecule has 3 rings (SSSR count). The lowest BCUT2D eigenvalue weighted by molar-refractivity contribution is 0.0698. The van der Waals surface area contributed by atoms with Crippen molar-refractivity contribution in [2.75, 3.05) is 0 Å². The first-order chi connectivity index (χ1) is 9.16. The fourth-order valence-electron chi connectivity index (χ4n) is 2.06. The highest BCUT2D eigenvalue weighted by Gasteiger charge is 2.17. The molecule has 0 spiro atoms. The molecule has 0 radical (unpaired) electrons. The average Bonchev–Trinajstić information content (AvgIpc) is 2.81. The third kappa shape index (κ3) is 2.11. The van der Waals surface area contributed by atoms with E-state index in [9.17, 15) is 9.90 Å². The first-order valence-electron chi connectivity index (χ1n) is 5.67. The SMILES string of the molecule is O=C(O)c1c(Cl)cccc1-c1cc2ccccc2s1. The lowest BCUT2D eigenvalue weighted by Gasteiger charge is -2.05. The highest BCUT2D eigenvalue weighted by molar-refractivity contribution is 7.22. The lowest BCUT2D eigenvalue weighted by atomic mass is 10.1. The number of halogens is 1. The molecular formula is C15H9ClO2S. The van der Waals surface area contributed by atoms with Crippen LogP contribution in [0.15, 0.2) is 48.5 Å². The number of carboxylic acid groups (broad SMARTS) is 1. The standard InChI is InChI=1S/C15H9ClO2S/c16-11-6-3-5-10(14(11)15(17)18)13-8-9-4-1-2-7-12(9)19-13/h1-8H,(H,17,18). The summed E-state index contributed by atoms with van der Waals surface area (Å²) in [4.78, 5) is 12.3. The number of thiophene rings is 1. The van der Waals surface area contributed by atoms with Crippen LogP contribution in [0.25, 0.3) is 20.5 Å². The zero-order valence-electron chi connectivity index (χ0n) is 9.76. The molecule has 94 valence electrons. The zero-order chi connectivity index (χ0) is 13.4. The van der Waals surface area contributed by atoms with Gasteiger partial charge in [0.25, 0.3) is 0 Å². The van der Waals surface area contributed by atoms with Gasteiger partial charge in [-0.1, -0.05) is 41.9 Å². The van der Waals surface area contributed by atoms with Gasteiger partial charge in [0.15, 0.2) is 0 Å². The number of aromatic carboxylic acids is 1. The van der Waals surface area contributed by atoms with Gasteiger partial charge >= 0.3 is 5.97 Å². The van der Waals surface area contributed by atoms with Crippen LogP contribution in [0.3, 0.4) is 0 Å². The van der Waals surface area contributed by atoms with Crippen molar-refractivity contribution in [3.63, 3.8) is 0 Å². The van der Waals surface area contributed by atoms with Crippen molar-refractivity contribution >= 4 is 39.0 Å². The van der Waals surface area contributed by atoms with Crippen molar-refractivity contribution in [3.05, 3.63) is 59.1 Å². The van der Waals surface area contributed by atoms with E-state index in [1.165, 1.54) is 0 Å². The fourth-order valence-corrected chi connectivity index (χ4v) is 3.41. The van der Waals surface area contributed by atoms with Gasteiger partial charge in [0, 0.05) is 15.1 Å². The molecule has 4 heteroatoms. The highest BCUT2D eigenvalue weighted by atomic mass is 35.5. The maximum absolute atomic E-state index is 11.4. The van der Waals surface area contributed by atoms with Gasteiger partial charge in [-0.25, -0.2) is 4.79 Å². The average molecular weight is 289 g/mol. The Morgan fingerprint density at radius 2 is 1.89 bits per heavy atom. The van der Waals surface area contributed by atoms with E-state index in [4.69, 9.17) is 11.6 Å². The number of carbonyl (C=O) groups is 1. The van der Waals surface area contributed by atoms with Crippen LogP contribution in [0.1, 0.15) is 10.4 Å². The molecule has 2 nitrogen and oxygen atoms in total. The Morgan fingerprint density at radius 1 is 1.11 bits per heavy atom. The van der Waals surface area contributed by atoms with E-state index in [0.717, 1.165) is 15.0 Å². The van der Waals surface area contributed by atoms with Crippen LogP contribution >= 0.6 is 22.9 Å². The highest BCUT2D eigenvalue weighted by Crippen LogP contribution is 2.37. The molecule has 0 saturated carbocycles. The second-order valence-corrected chi connectivity index (χ2v) is 5.61. The normalized spacial score (nSPS) is 10.8. The van der Waals surface area contributed by atoms with Crippen molar-refractivity contribution in [1.82, 2.24) is 0 Å². The van der Waals surface area contributed by atoms with E-state index in [1.54, 1.807) is 29.5 Å². The van der Waals surface area contributed by atoms with Crippen LogP contribution in [0.5, 0.6) is 0 Å². The van der Waals surface area contributed by atoms with Crippen LogP contribution in [0.4, 0.5) is 0 Å². The predicted octanol–water partition coefficient (Wildman–Crippen LogP) is 4.92. The Morgan fingerprint density at radius 3 is 2.63 bits per heavy atom. The molecule has 1 aromatic heterocycles. The first-order valence-corrected chi connectivity index (χ1v) is 6.87. The largest absolute Gasteiger partial charge is 0.478 e. The van der Waals surface area contributed by atoms with E-state index in [2.05, 4.69) is 0 Å². The van der Waals surface area contributed by atoms with Crippen molar-refractivity contribution in [3.8, 4) is 10.4 Å². The second kappa shape index (κ2) is 4.68. The Balaban J connectivity index is 2.27. The molecule has 0 bridgehead atoms. The van der Waals surface area contributed by atoms with E-state index in [1.807, 2.05) is 30.3 Å². The van der Waals surface area contributed by atoms with Gasteiger partial charge in [-0.05, 0) is 23.6 Å². The van der Waals surface area contributed by atoms with Gasteiger partial charge in [0.05, 0.1) is 10.6 Å². The van der Waals surface area contributed by atoms with Gasteiger partial charge in [-0.15, -0.1) is 11.3 Å².